The molecule has 0 atom stereocenters. The van der Waals surface area contributed by atoms with Crippen LogP contribution in [0.5, 0.6) is 0 Å². The van der Waals surface area contributed by atoms with Gasteiger partial charge in [0.05, 0.1) is 12.3 Å². The van der Waals surface area contributed by atoms with Gasteiger partial charge in [0.2, 0.25) is 0 Å². The molecule has 0 radical (unpaired) electrons. The van der Waals surface area contributed by atoms with E-state index in [-0.39, 0.29) is 6.61 Å². The highest BCUT2D eigenvalue weighted by molar-refractivity contribution is 5.26. The molecule has 0 bridgehead atoms. The summed E-state index contributed by atoms with van der Waals surface area (Å²) in [7, 11) is 0. The van der Waals surface area contributed by atoms with E-state index >= 15 is 0 Å². The maximum absolute atomic E-state index is 9.23. The summed E-state index contributed by atoms with van der Waals surface area (Å²) >= 11 is 0. The zero-order chi connectivity index (χ0) is 9.97. The number of rotatable bonds is 2. The standard InChI is InChI=1S/C10H16N2O2/c1-7-9(6-13)10(12-11-7)8-2-4-14-5-3-8/h8,13H,2-6H2,1H3,(H,11,12). The minimum Gasteiger partial charge on any atom is -0.392 e. The maximum atomic E-state index is 9.23. The molecule has 0 saturated carbocycles. The van der Waals surface area contributed by atoms with Gasteiger partial charge < -0.3 is 9.84 Å². The third-order valence-electron chi connectivity index (χ3n) is 2.87. The molecule has 1 aliphatic rings. The molecule has 1 aliphatic heterocycles. The fourth-order valence-electron chi connectivity index (χ4n) is 1.98. The van der Waals surface area contributed by atoms with Gasteiger partial charge in [0, 0.05) is 30.4 Å². The summed E-state index contributed by atoms with van der Waals surface area (Å²) < 4.78 is 5.30. The molecule has 2 rings (SSSR count). The van der Waals surface area contributed by atoms with Crippen LogP contribution in [0.2, 0.25) is 0 Å². The first-order valence-corrected chi connectivity index (χ1v) is 5.05. The van der Waals surface area contributed by atoms with Crippen molar-refractivity contribution in [1.82, 2.24) is 10.2 Å². The lowest BCUT2D eigenvalue weighted by atomic mass is 9.93. The number of hydrogen-bond donors (Lipinski definition) is 2. The van der Waals surface area contributed by atoms with E-state index < -0.39 is 0 Å². The fraction of sp³-hybridized carbons (Fsp3) is 0.700. The van der Waals surface area contributed by atoms with Gasteiger partial charge in [-0.05, 0) is 19.8 Å². The Hall–Kier alpha value is -0.870. The number of ether oxygens (including phenoxy) is 1. The quantitative estimate of drug-likeness (QED) is 0.744. The van der Waals surface area contributed by atoms with Crippen molar-refractivity contribution in [2.75, 3.05) is 13.2 Å². The number of nitrogens with one attached hydrogen (secondary N) is 1. The van der Waals surface area contributed by atoms with Crippen molar-refractivity contribution in [3.05, 3.63) is 17.0 Å². The van der Waals surface area contributed by atoms with Crippen LogP contribution in [-0.2, 0) is 11.3 Å². The second-order valence-electron chi connectivity index (χ2n) is 3.76. The van der Waals surface area contributed by atoms with Crippen LogP contribution in [-0.4, -0.2) is 28.5 Å². The number of aromatic nitrogens is 2. The highest BCUT2D eigenvalue weighted by Gasteiger charge is 2.22. The molecule has 0 unspecified atom stereocenters. The number of H-pyrrole nitrogens is 1. The molecule has 1 aromatic heterocycles. The molecule has 2 N–H and O–H groups in total. The Morgan fingerprint density at radius 2 is 2.21 bits per heavy atom. The Labute approximate surface area is 83.3 Å². The monoisotopic (exact) mass is 196 g/mol. The van der Waals surface area contributed by atoms with Crippen LogP contribution in [0.15, 0.2) is 0 Å². The molecule has 14 heavy (non-hydrogen) atoms. The first-order valence-electron chi connectivity index (χ1n) is 5.05. The molecule has 4 nitrogen and oxygen atoms in total. The Morgan fingerprint density at radius 1 is 1.50 bits per heavy atom. The summed E-state index contributed by atoms with van der Waals surface area (Å²) in [4.78, 5) is 0. The third kappa shape index (κ3) is 1.67. The average molecular weight is 196 g/mol. The SMILES string of the molecule is Cc1[nH]nc(C2CCOCC2)c1CO. The largest absolute Gasteiger partial charge is 0.392 e. The zero-order valence-electron chi connectivity index (χ0n) is 8.42. The van der Waals surface area contributed by atoms with Crippen LogP contribution in [0.25, 0.3) is 0 Å². The summed E-state index contributed by atoms with van der Waals surface area (Å²) in [6.45, 7) is 3.64. The first-order chi connectivity index (χ1) is 6.83. The molecule has 1 fully saturated rings. The van der Waals surface area contributed by atoms with Crippen molar-refractivity contribution in [3.8, 4) is 0 Å². The van der Waals surface area contributed by atoms with Crippen LogP contribution in [0.4, 0.5) is 0 Å². The lowest BCUT2D eigenvalue weighted by Crippen LogP contribution is -2.15. The number of aliphatic hydroxyl groups excluding tert-OH is 1. The van der Waals surface area contributed by atoms with Crippen molar-refractivity contribution in [2.45, 2.75) is 32.3 Å². The van der Waals surface area contributed by atoms with E-state index in [2.05, 4.69) is 10.2 Å². The molecule has 0 amide bonds. The van der Waals surface area contributed by atoms with E-state index in [0.29, 0.717) is 5.92 Å². The zero-order valence-corrected chi connectivity index (χ0v) is 8.42. The van der Waals surface area contributed by atoms with E-state index in [4.69, 9.17) is 4.74 Å². The lowest BCUT2D eigenvalue weighted by Gasteiger charge is -2.21. The Bertz CT molecular complexity index is 303. The predicted octanol–water partition coefficient (Wildman–Crippen LogP) is 1.10. The maximum Gasteiger partial charge on any atom is 0.0718 e. The van der Waals surface area contributed by atoms with Gasteiger partial charge in [0.25, 0.3) is 0 Å². The Balaban J connectivity index is 2.21. The Kier molecular flexibility index (Phi) is 2.84. The van der Waals surface area contributed by atoms with Gasteiger partial charge >= 0.3 is 0 Å². The summed E-state index contributed by atoms with van der Waals surface area (Å²) in [5.74, 6) is 0.454. The van der Waals surface area contributed by atoms with Crippen molar-refractivity contribution < 1.29 is 9.84 Å². The van der Waals surface area contributed by atoms with Gasteiger partial charge in [-0.15, -0.1) is 0 Å². The molecule has 78 valence electrons. The molecule has 1 saturated heterocycles. The van der Waals surface area contributed by atoms with Gasteiger partial charge in [-0.3, -0.25) is 5.10 Å². The summed E-state index contributed by atoms with van der Waals surface area (Å²) in [5.41, 5.74) is 2.99. The lowest BCUT2D eigenvalue weighted by molar-refractivity contribution is 0.0840. The third-order valence-corrected chi connectivity index (χ3v) is 2.87. The first kappa shape index (κ1) is 9.68. The Morgan fingerprint density at radius 3 is 2.86 bits per heavy atom. The molecule has 2 heterocycles. The van der Waals surface area contributed by atoms with E-state index in [9.17, 15) is 5.11 Å². The van der Waals surface area contributed by atoms with Crippen LogP contribution < -0.4 is 0 Å². The minimum atomic E-state index is 0.0784. The topological polar surface area (TPSA) is 58.1 Å². The smallest absolute Gasteiger partial charge is 0.0718 e. The molecule has 0 spiro atoms. The van der Waals surface area contributed by atoms with Crippen molar-refractivity contribution in [1.29, 1.82) is 0 Å². The van der Waals surface area contributed by atoms with Gasteiger partial charge in [-0.1, -0.05) is 0 Å². The number of aryl methyl sites for hydroxylation is 1. The van der Waals surface area contributed by atoms with Gasteiger partial charge in [-0.25, -0.2) is 0 Å². The number of aromatic amines is 1. The normalized spacial score (nSPS) is 18.7. The van der Waals surface area contributed by atoms with Crippen molar-refractivity contribution >= 4 is 0 Å². The minimum absolute atomic E-state index is 0.0784. The van der Waals surface area contributed by atoms with Gasteiger partial charge in [0.1, 0.15) is 0 Å². The molecule has 0 aliphatic carbocycles. The molecule has 1 aromatic rings. The van der Waals surface area contributed by atoms with Gasteiger partial charge in [-0.2, -0.15) is 5.10 Å². The summed E-state index contributed by atoms with van der Waals surface area (Å²) in [5, 5.41) is 16.4. The van der Waals surface area contributed by atoms with Crippen molar-refractivity contribution in [3.63, 3.8) is 0 Å². The number of hydrogen-bond acceptors (Lipinski definition) is 3. The average Bonchev–Trinajstić information content (AvgIpc) is 2.61. The molecule has 4 heteroatoms. The van der Waals surface area contributed by atoms with Crippen LogP contribution in [0.3, 0.4) is 0 Å². The second-order valence-corrected chi connectivity index (χ2v) is 3.76. The molecular weight excluding hydrogens is 180 g/mol. The van der Waals surface area contributed by atoms with Crippen molar-refractivity contribution in [2.24, 2.45) is 0 Å². The predicted molar refractivity (Wildman–Crippen MR) is 52.0 cm³/mol. The highest BCUT2D eigenvalue weighted by atomic mass is 16.5. The molecular formula is C10H16N2O2. The number of aliphatic hydroxyl groups is 1. The van der Waals surface area contributed by atoms with Crippen LogP contribution in [0.1, 0.15) is 35.7 Å². The van der Waals surface area contributed by atoms with Crippen LogP contribution in [0, 0.1) is 6.92 Å². The van der Waals surface area contributed by atoms with Crippen LogP contribution >= 0.6 is 0 Å². The van der Waals surface area contributed by atoms with E-state index in [1.165, 1.54) is 0 Å². The second kappa shape index (κ2) is 4.11. The van der Waals surface area contributed by atoms with E-state index in [0.717, 1.165) is 43.0 Å². The van der Waals surface area contributed by atoms with Gasteiger partial charge in [0.15, 0.2) is 0 Å². The number of nitrogens with zero attached hydrogens (tertiary/aromatic N) is 1. The summed E-state index contributed by atoms with van der Waals surface area (Å²) in [6, 6.07) is 0. The highest BCUT2D eigenvalue weighted by Crippen LogP contribution is 2.28. The van der Waals surface area contributed by atoms with E-state index in [1.807, 2.05) is 6.92 Å². The van der Waals surface area contributed by atoms with E-state index in [1.54, 1.807) is 0 Å². The fourth-order valence-corrected chi connectivity index (χ4v) is 1.98. The summed E-state index contributed by atoms with van der Waals surface area (Å²) in [6.07, 6.45) is 2.02. The molecule has 0 aromatic carbocycles.